The van der Waals surface area contributed by atoms with Gasteiger partial charge in [-0.05, 0) is 36.2 Å². The third-order valence-corrected chi connectivity index (χ3v) is 5.28. The predicted octanol–water partition coefficient (Wildman–Crippen LogP) is 3.69. The molecule has 2 aromatic carbocycles. The number of aromatic nitrogens is 2. The summed E-state index contributed by atoms with van der Waals surface area (Å²) in [5.74, 6) is 0.392. The van der Waals surface area contributed by atoms with Crippen molar-refractivity contribution in [2.45, 2.75) is 24.5 Å². The number of nitrogens with one attached hydrogen (secondary N) is 1. The molecule has 0 saturated heterocycles. The van der Waals surface area contributed by atoms with Crippen LogP contribution < -0.4 is 5.32 Å². The summed E-state index contributed by atoms with van der Waals surface area (Å²) in [5, 5.41) is 11.2. The summed E-state index contributed by atoms with van der Waals surface area (Å²) in [4.78, 5) is 24.2. The summed E-state index contributed by atoms with van der Waals surface area (Å²) < 4.78 is 5.61. The lowest BCUT2D eigenvalue weighted by molar-refractivity contribution is -0.116. The van der Waals surface area contributed by atoms with E-state index in [4.69, 9.17) is 4.42 Å². The minimum atomic E-state index is -0.239. The maximum absolute atomic E-state index is 12.5. The fourth-order valence-electron chi connectivity index (χ4n) is 2.94. The van der Waals surface area contributed by atoms with E-state index in [0.29, 0.717) is 23.1 Å². The van der Waals surface area contributed by atoms with Crippen molar-refractivity contribution in [2.24, 2.45) is 0 Å². The molecule has 0 radical (unpaired) electrons. The summed E-state index contributed by atoms with van der Waals surface area (Å²) >= 11 is 1.22. The molecule has 3 aromatic rings. The number of hydrogen-bond donors (Lipinski definition) is 1. The van der Waals surface area contributed by atoms with Gasteiger partial charge >= 0.3 is 0 Å². The van der Waals surface area contributed by atoms with E-state index < -0.39 is 0 Å². The number of nitrogens with zero attached hydrogens (tertiary/aromatic N) is 2. The molecule has 1 aromatic heterocycles. The number of carbonyl (C=O) groups excluding carboxylic acids is 2. The largest absolute Gasteiger partial charge is 0.416 e. The molecule has 0 bridgehead atoms. The Morgan fingerprint density at radius 1 is 1.19 bits per heavy atom. The summed E-state index contributed by atoms with van der Waals surface area (Å²) in [6.07, 6.45) is 0.562. The van der Waals surface area contributed by atoms with Gasteiger partial charge in [-0.1, -0.05) is 42.1 Å². The number of ketones is 1. The molecule has 0 unspecified atom stereocenters. The monoisotopic (exact) mass is 379 g/mol. The van der Waals surface area contributed by atoms with E-state index in [1.54, 1.807) is 18.2 Å². The van der Waals surface area contributed by atoms with Gasteiger partial charge < -0.3 is 9.73 Å². The molecule has 1 amide bonds. The third-order valence-electron chi connectivity index (χ3n) is 4.46. The molecule has 0 fully saturated rings. The van der Waals surface area contributed by atoms with E-state index >= 15 is 0 Å². The van der Waals surface area contributed by atoms with Crippen LogP contribution in [0.3, 0.4) is 0 Å². The zero-order valence-corrected chi connectivity index (χ0v) is 15.5. The smallest absolute Gasteiger partial charge is 0.277 e. The standard InChI is InChI=1S/C20H17N3O3S/c1-12-15-10-14(7-8-16(15)21-19(12)25)17(24)11-27-20-23-22-18(26-20)9-13-5-3-2-4-6-13/h2-8,10,12H,9,11H2,1H3,(H,21,25)/t12-/m0/s1. The van der Waals surface area contributed by atoms with Crippen molar-refractivity contribution in [2.75, 3.05) is 11.1 Å². The molecule has 4 rings (SSSR count). The van der Waals surface area contributed by atoms with Gasteiger partial charge in [-0.2, -0.15) is 0 Å². The lowest BCUT2D eigenvalue weighted by Crippen LogP contribution is -2.08. The van der Waals surface area contributed by atoms with Gasteiger partial charge in [0, 0.05) is 11.3 Å². The zero-order chi connectivity index (χ0) is 18.8. The SMILES string of the molecule is C[C@@H]1C(=O)Nc2ccc(C(=O)CSc3nnc(Cc4ccccc4)o3)cc21. The Bertz CT molecular complexity index is 1000. The van der Waals surface area contributed by atoms with Crippen molar-refractivity contribution in [3.05, 3.63) is 71.1 Å². The Labute approximate surface area is 160 Å². The number of benzene rings is 2. The summed E-state index contributed by atoms with van der Waals surface area (Å²) in [6.45, 7) is 1.83. The quantitative estimate of drug-likeness (QED) is 0.519. The number of Topliss-reactive ketones (excluding diaryl/α,β-unsaturated/α-hetero) is 1. The van der Waals surface area contributed by atoms with Gasteiger partial charge in [-0.15, -0.1) is 10.2 Å². The number of thioether (sulfide) groups is 1. The van der Waals surface area contributed by atoms with Crippen molar-refractivity contribution in [1.82, 2.24) is 10.2 Å². The summed E-state index contributed by atoms with van der Waals surface area (Å²) in [5.41, 5.74) is 3.30. The van der Waals surface area contributed by atoms with Crippen LogP contribution in [0.2, 0.25) is 0 Å². The molecule has 6 nitrogen and oxygen atoms in total. The van der Waals surface area contributed by atoms with Crippen LogP contribution in [0.1, 0.15) is 40.2 Å². The van der Waals surface area contributed by atoms with Gasteiger partial charge in [0.2, 0.25) is 11.8 Å². The topological polar surface area (TPSA) is 85.1 Å². The van der Waals surface area contributed by atoms with Crippen LogP contribution in [0.5, 0.6) is 0 Å². The first-order valence-corrected chi connectivity index (χ1v) is 9.56. The molecule has 1 atom stereocenters. The lowest BCUT2D eigenvalue weighted by atomic mass is 9.99. The first kappa shape index (κ1) is 17.5. The van der Waals surface area contributed by atoms with Crippen LogP contribution in [-0.2, 0) is 11.2 Å². The molecule has 0 spiro atoms. The average molecular weight is 379 g/mol. The molecule has 2 heterocycles. The fourth-order valence-corrected chi connectivity index (χ4v) is 3.61. The second-order valence-corrected chi connectivity index (χ2v) is 7.28. The highest BCUT2D eigenvalue weighted by Crippen LogP contribution is 2.33. The van der Waals surface area contributed by atoms with E-state index in [-0.39, 0.29) is 23.4 Å². The van der Waals surface area contributed by atoms with Crippen LogP contribution in [0.15, 0.2) is 58.2 Å². The predicted molar refractivity (Wildman–Crippen MR) is 102 cm³/mol. The van der Waals surface area contributed by atoms with Crippen LogP contribution in [-0.4, -0.2) is 27.6 Å². The maximum Gasteiger partial charge on any atom is 0.277 e. The van der Waals surface area contributed by atoms with Gasteiger partial charge in [0.1, 0.15) is 0 Å². The summed E-state index contributed by atoms with van der Waals surface area (Å²) in [7, 11) is 0. The highest BCUT2D eigenvalue weighted by molar-refractivity contribution is 7.99. The van der Waals surface area contributed by atoms with Crippen molar-refractivity contribution in [1.29, 1.82) is 0 Å². The molecular weight excluding hydrogens is 362 g/mol. The average Bonchev–Trinajstić information content (AvgIpc) is 3.24. The Kier molecular flexibility index (Phi) is 4.77. The normalized spacial score (nSPS) is 15.4. The lowest BCUT2D eigenvalue weighted by Gasteiger charge is -2.04. The van der Waals surface area contributed by atoms with Gasteiger partial charge in [0.25, 0.3) is 5.22 Å². The Balaban J connectivity index is 1.38. The number of fused-ring (bicyclic) bond motifs is 1. The molecular formula is C20H17N3O3S. The number of rotatable bonds is 6. The second kappa shape index (κ2) is 7.36. The van der Waals surface area contributed by atoms with E-state index in [1.165, 1.54) is 11.8 Å². The maximum atomic E-state index is 12.5. The van der Waals surface area contributed by atoms with Crippen molar-refractivity contribution < 1.29 is 14.0 Å². The number of carbonyl (C=O) groups is 2. The molecule has 0 saturated carbocycles. The van der Waals surface area contributed by atoms with Gasteiger partial charge in [0.05, 0.1) is 18.1 Å². The van der Waals surface area contributed by atoms with Crippen LogP contribution >= 0.6 is 11.8 Å². The van der Waals surface area contributed by atoms with Gasteiger partial charge in [-0.3, -0.25) is 9.59 Å². The molecule has 7 heteroatoms. The fraction of sp³-hybridized carbons (Fsp3) is 0.200. The molecule has 1 aliphatic heterocycles. The zero-order valence-electron chi connectivity index (χ0n) is 14.6. The second-order valence-electron chi connectivity index (χ2n) is 6.35. The van der Waals surface area contributed by atoms with Crippen LogP contribution in [0.4, 0.5) is 5.69 Å². The van der Waals surface area contributed by atoms with Gasteiger partial charge in [0.15, 0.2) is 5.78 Å². The Morgan fingerprint density at radius 2 is 2.00 bits per heavy atom. The number of hydrogen-bond acceptors (Lipinski definition) is 6. The Hall–Kier alpha value is -2.93. The minimum Gasteiger partial charge on any atom is -0.416 e. The van der Waals surface area contributed by atoms with Gasteiger partial charge in [-0.25, -0.2) is 0 Å². The number of anilines is 1. The van der Waals surface area contributed by atoms with E-state index in [9.17, 15) is 9.59 Å². The third kappa shape index (κ3) is 3.78. The van der Waals surface area contributed by atoms with Crippen LogP contribution in [0, 0.1) is 0 Å². The van der Waals surface area contributed by atoms with Crippen molar-refractivity contribution in [3.8, 4) is 0 Å². The van der Waals surface area contributed by atoms with E-state index in [2.05, 4.69) is 15.5 Å². The van der Waals surface area contributed by atoms with E-state index in [0.717, 1.165) is 16.8 Å². The van der Waals surface area contributed by atoms with Crippen molar-refractivity contribution >= 4 is 29.1 Å². The van der Waals surface area contributed by atoms with Crippen LogP contribution in [0.25, 0.3) is 0 Å². The molecule has 1 aliphatic rings. The highest BCUT2D eigenvalue weighted by atomic mass is 32.2. The van der Waals surface area contributed by atoms with Crippen molar-refractivity contribution in [3.63, 3.8) is 0 Å². The highest BCUT2D eigenvalue weighted by Gasteiger charge is 2.27. The first-order valence-electron chi connectivity index (χ1n) is 8.57. The molecule has 136 valence electrons. The Morgan fingerprint density at radius 3 is 2.81 bits per heavy atom. The minimum absolute atomic E-state index is 0.0409. The molecule has 27 heavy (non-hydrogen) atoms. The molecule has 1 N–H and O–H groups in total. The first-order chi connectivity index (χ1) is 13.1. The van der Waals surface area contributed by atoms with E-state index in [1.807, 2.05) is 37.3 Å². The number of amides is 1. The summed E-state index contributed by atoms with van der Waals surface area (Å²) in [6, 6.07) is 15.2. The molecule has 0 aliphatic carbocycles.